The van der Waals surface area contributed by atoms with Crippen molar-refractivity contribution in [3.63, 3.8) is 0 Å². The lowest BCUT2D eigenvalue weighted by Crippen LogP contribution is -2.03. The molecule has 0 aromatic heterocycles. The molecule has 1 amide bonds. The molecule has 0 saturated carbocycles. The minimum atomic E-state index is -0.667. The maximum atomic E-state index is 12.0. The molecule has 2 N–H and O–H groups in total. The molecule has 2 aromatic rings. The number of nitrogens with one attached hydrogen (secondary N) is 1. The van der Waals surface area contributed by atoms with Crippen molar-refractivity contribution in [3.8, 4) is 5.75 Å². The van der Waals surface area contributed by atoms with E-state index in [9.17, 15) is 20.0 Å². The van der Waals surface area contributed by atoms with Crippen LogP contribution in [0.25, 0.3) is 11.6 Å². The number of anilines is 1. The highest BCUT2D eigenvalue weighted by atomic mass is 16.6. The van der Waals surface area contributed by atoms with E-state index in [0.29, 0.717) is 16.8 Å². The van der Waals surface area contributed by atoms with E-state index in [4.69, 9.17) is 0 Å². The Balaban J connectivity index is 2.09. The third kappa shape index (κ3) is 2.23. The van der Waals surface area contributed by atoms with Crippen LogP contribution in [0, 0.1) is 10.1 Å². The van der Waals surface area contributed by atoms with E-state index in [1.54, 1.807) is 18.2 Å². The standard InChI is InChI=1S/C15H10N2O4/c18-14-6-5-9(8-13(14)17(20)21)7-11-10-3-1-2-4-12(10)16-15(11)19/h1-8,18H,(H,16,19)/b11-7-. The van der Waals surface area contributed by atoms with E-state index in [2.05, 4.69) is 5.32 Å². The first-order valence-corrected chi connectivity index (χ1v) is 6.16. The Hall–Kier alpha value is -3.15. The summed E-state index contributed by atoms with van der Waals surface area (Å²) in [5.41, 5.74) is 1.98. The van der Waals surface area contributed by atoms with Crippen LogP contribution in [-0.2, 0) is 4.79 Å². The second-order valence-electron chi connectivity index (χ2n) is 4.56. The zero-order chi connectivity index (χ0) is 15.0. The average molecular weight is 282 g/mol. The van der Waals surface area contributed by atoms with E-state index in [1.165, 1.54) is 18.2 Å². The van der Waals surface area contributed by atoms with Gasteiger partial charge in [-0.25, -0.2) is 0 Å². The second kappa shape index (κ2) is 4.75. The number of rotatable bonds is 2. The Bertz CT molecular complexity index is 796. The summed E-state index contributed by atoms with van der Waals surface area (Å²) in [6.07, 6.45) is 1.56. The molecule has 0 atom stereocenters. The van der Waals surface area contributed by atoms with Gasteiger partial charge in [-0.05, 0) is 23.8 Å². The zero-order valence-electron chi connectivity index (χ0n) is 10.7. The van der Waals surface area contributed by atoms with Gasteiger partial charge in [-0.15, -0.1) is 0 Å². The van der Waals surface area contributed by atoms with E-state index < -0.39 is 16.4 Å². The highest BCUT2D eigenvalue weighted by molar-refractivity contribution is 6.34. The fraction of sp³-hybridized carbons (Fsp3) is 0. The van der Waals surface area contributed by atoms with Gasteiger partial charge < -0.3 is 10.4 Å². The number of carbonyl (C=O) groups is 1. The van der Waals surface area contributed by atoms with Crippen LogP contribution in [0.1, 0.15) is 11.1 Å². The number of amides is 1. The Labute approximate surface area is 119 Å². The van der Waals surface area contributed by atoms with Gasteiger partial charge >= 0.3 is 5.69 Å². The molecule has 6 heteroatoms. The Kier molecular flexibility index (Phi) is 2.91. The predicted octanol–water partition coefficient (Wildman–Crippen LogP) is 2.79. The summed E-state index contributed by atoms with van der Waals surface area (Å²) in [5, 5.41) is 23.0. The second-order valence-corrected chi connectivity index (χ2v) is 4.56. The van der Waals surface area contributed by atoms with Crippen LogP contribution in [0.5, 0.6) is 5.75 Å². The number of carbonyl (C=O) groups excluding carboxylic acids is 1. The number of phenols is 1. The summed E-state index contributed by atoms with van der Waals surface area (Å²) >= 11 is 0. The quantitative estimate of drug-likeness (QED) is 0.503. The van der Waals surface area contributed by atoms with Crippen molar-refractivity contribution in [2.75, 3.05) is 5.32 Å². The average Bonchev–Trinajstić information content (AvgIpc) is 2.77. The fourth-order valence-corrected chi connectivity index (χ4v) is 2.23. The maximum Gasteiger partial charge on any atom is 0.311 e. The van der Waals surface area contributed by atoms with Crippen LogP contribution < -0.4 is 5.32 Å². The predicted molar refractivity (Wildman–Crippen MR) is 77.7 cm³/mol. The van der Waals surface area contributed by atoms with Crippen molar-refractivity contribution in [1.82, 2.24) is 0 Å². The van der Waals surface area contributed by atoms with Crippen molar-refractivity contribution in [2.45, 2.75) is 0 Å². The number of aromatic hydroxyl groups is 1. The largest absolute Gasteiger partial charge is 0.502 e. The number of nitro groups is 1. The highest BCUT2D eigenvalue weighted by Gasteiger charge is 2.23. The van der Waals surface area contributed by atoms with Crippen molar-refractivity contribution in [1.29, 1.82) is 0 Å². The van der Waals surface area contributed by atoms with Crippen molar-refractivity contribution in [2.24, 2.45) is 0 Å². The molecule has 0 fully saturated rings. The third-order valence-corrected chi connectivity index (χ3v) is 3.22. The van der Waals surface area contributed by atoms with Gasteiger partial charge in [-0.1, -0.05) is 24.3 Å². The number of hydrogen-bond donors (Lipinski definition) is 2. The summed E-state index contributed by atoms with van der Waals surface area (Å²) in [4.78, 5) is 22.1. The molecule has 0 saturated heterocycles. The number of para-hydroxylation sites is 1. The van der Waals surface area contributed by atoms with Crippen LogP contribution in [-0.4, -0.2) is 15.9 Å². The topological polar surface area (TPSA) is 92.5 Å². The van der Waals surface area contributed by atoms with Crippen molar-refractivity contribution < 1.29 is 14.8 Å². The van der Waals surface area contributed by atoms with Gasteiger partial charge in [0.15, 0.2) is 5.75 Å². The normalized spacial score (nSPS) is 14.9. The van der Waals surface area contributed by atoms with Gasteiger partial charge in [0, 0.05) is 22.9 Å². The number of nitrogens with zero attached hydrogens (tertiary/aromatic N) is 1. The molecule has 0 aliphatic carbocycles. The number of nitro benzene ring substituents is 1. The summed E-state index contributed by atoms with van der Waals surface area (Å²) in [6, 6.07) is 11.2. The smallest absolute Gasteiger partial charge is 0.311 e. The van der Waals surface area contributed by atoms with E-state index in [1.807, 2.05) is 12.1 Å². The monoisotopic (exact) mass is 282 g/mol. The molecule has 0 spiro atoms. The first-order chi connectivity index (χ1) is 10.1. The molecule has 3 rings (SSSR count). The van der Waals surface area contributed by atoms with Crippen LogP contribution in [0.15, 0.2) is 42.5 Å². The molecule has 0 bridgehead atoms. The number of phenolic OH excluding ortho intramolecular Hbond substituents is 1. The summed E-state index contributed by atoms with van der Waals surface area (Å²) in [6.45, 7) is 0. The van der Waals surface area contributed by atoms with Gasteiger partial charge in [-0.3, -0.25) is 14.9 Å². The van der Waals surface area contributed by atoms with Gasteiger partial charge in [0.1, 0.15) is 0 Å². The van der Waals surface area contributed by atoms with Gasteiger partial charge in [-0.2, -0.15) is 0 Å². The summed E-state index contributed by atoms with van der Waals surface area (Å²) < 4.78 is 0. The van der Waals surface area contributed by atoms with Crippen molar-refractivity contribution in [3.05, 3.63) is 63.7 Å². The number of benzene rings is 2. The number of hydrogen-bond acceptors (Lipinski definition) is 4. The van der Waals surface area contributed by atoms with Crippen molar-refractivity contribution >= 4 is 28.9 Å². The minimum Gasteiger partial charge on any atom is -0.502 e. The molecule has 21 heavy (non-hydrogen) atoms. The molecule has 1 heterocycles. The molecule has 0 radical (unpaired) electrons. The molecular weight excluding hydrogens is 272 g/mol. The lowest BCUT2D eigenvalue weighted by Gasteiger charge is -2.00. The van der Waals surface area contributed by atoms with Crippen LogP contribution in [0.3, 0.4) is 0 Å². The van der Waals surface area contributed by atoms with Crippen LogP contribution in [0.2, 0.25) is 0 Å². The first kappa shape index (κ1) is 12.9. The van der Waals surface area contributed by atoms with Crippen LogP contribution >= 0.6 is 0 Å². The molecule has 0 unspecified atom stereocenters. The Morgan fingerprint density at radius 3 is 2.71 bits per heavy atom. The summed E-state index contributed by atoms with van der Waals surface area (Å²) in [5.74, 6) is -0.662. The molecule has 2 aromatic carbocycles. The minimum absolute atomic E-state index is 0.257. The molecule has 104 valence electrons. The third-order valence-electron chi connectivity index (χ3n) is 3.22. The molecule has 1 aliphatic heterocycles. The molecular formula is C15H10N2O4. The molecule has 1 aliphatic rings. The van der Waals surface area contributed by atoms with Crippen LogP contribution in [0.4, 0.5) is 11.4 Å². The van der Waals surface area contributed by atoms with E-state index >= 15 is 0 Å². The van der Waals surface area contributed by atoms with E-state index in [-0.39, 0.29) is 5.91 Å². The lowest BCUT2D eigenvalue weighted by molar-refractivity contribution is -0.385. The summed E-state index contributed by atoms with van der Waals surface area (Å²) in [7, 11) is 0. The fourth-order valence-electron chi connectivity index (χ4n) is 2.23. The molecule has 6 nitrogen and oxygen atoms in total. The highest BCUT2D eigenvalue weighted by Crippen LogP contribution is 2.34. The van der Waals surface area contributed by atoms with Gasteiger partial charge in [0.25, 0.3) is 5.91 Å². The Morgan fingerprint density at radius 2 is 1.95 bits per heavy atom. The lowest BCUT2D eigenvalue weighted by atomic mass is 10.0. The SMILES string of the molecule is O=C1Nc2ccccc2/C1=C/c1ccc(O)c([N+](=O)[O-])c1. The maximum absolute atomic E-state index is 12.0. The van der Waals surface area contributed by atoms with Gasteiger partial charge in [0.2, 0.25) is 0 Å². The van der Waals surface area contributed by atoms with Gasteiger partial charge in [0.05, 0.1) is 4.92 Å². The zero-order valence-corrected chi connectivity index (χ0v) is 10.7. The number of fused-ring (bicyclic) bond motifs is 1. The first-order valence-electron chi connectivity index (χ1n) is 6.16. The Morgan fingerprint density at radius 1 is 1.19 bits per heavy atom. The van der Waals surface area contributed by atoms with E-state index in [0.717, 1.165) is 5.56 Å².